The van der Waals surface area contributed by atoms with Crippen LogP contribution in [0.15, 0.2) is 104 Å². The van der Waals surface area contributed by atoms with Gasteiger partial charge >= 0.3 is 5.97 Å². The number of nitrogens with two attached hydrogens (primary N) is 1. The summed E-state index contributed by atoms with van der Waals surface area (Å²) in [6.45, 7) is 0. The summed E-state index contributed by atoms with van der Waals surface area (Å²) in [4.78, 5) is 16.4. The van der Waals surface area contributed by atoms with Gasteiger partial charge in [0.15, 0.2) is 0 Å². The highest BCUT2D eigenvalue weighted by Crippen LogP contribution is 2.40. The van der Waals surface area contributed by atoms with Crippen LogP contribution in [-0.4, -0.2) is 28.7 Å². The van der Waals surface area contributed by atoms with E-state index < -0.39 is 17.6 Å². The average molecular weight is 426 g/mol. The molecule has 0 radical (unpaired) electrons. The van der Waals surface area contributed by atoms with Crippen LogP contribution in [-0.2, 0) is 21.5 Å². The monoisotopic (exact) mass is 425 g/mol. The molecule has 0 aliphatic carbocycles. The van der Waals surface area contributed by atoms with Gasteiger partial charge in [0.05, 0.1) is 19.1 Å². The summed E-state index contributed by atoms with van der Waals surface area (Å²) < 4.78 is 6.90. The van der Waals surface area contributed by atoms with Crippen molar-refractivity contribution in [2.24, 2.45) is 5.73 Å². The lowest BCUT2D eigenvalue weighted by Gasteiger charge is -2.37. The Hall–Kier alpha value is -3.70. The summed E-state index contributed by atoms with van der Waals surface area (Å²) >= 11 is 0. The van der Waals surface area contributed by atoms with Crippen molar-refractivity contribution in [1.29, 1.82) is 0 Å². The maximum Gasteiger partial charge on any atom is 0.322 e. The number of rotatable bonds is 8. The molecule has 3 aromatic carbocycles. The summed E-state index contributed by atoms with van der Waals surface area (Å²) in [5.41, 5.74) is 9.60. The van der Waals surface area contributed by atoms with Gasteiger partial charge in [0.25, 0.3) is 0 Å². The van der Waals surface area contributed by atoms with Crippen LogP contribution in [0.4, 0.5) is 0 Å². The molecule has 2 N–H and O–H groups in total. The maximum atomic E-state index is 11.7. The molecule has 5 nitrogen and oxygen atoms in total. The Balaban J connectivity index is 1.84. The van der Waals surface area contributed by atoms with E-state index in [-0.39, 0.29) is 0 Å². The zero-order valence-electron chi connectivity index (χ0n) is 18.1. The number of esters is 1. The van der Waals surface area contributed by atoms with Gasteiger partial charge in [0.1, 0.15) is 11.6 Å². The van der Waals surface area contributed by atoms with E-state index in [0.29, 0.717) is 12.8 Å². The van der Waals surface area contributed by atoms with Gasteiger partial charge in [-0.2, -0.15) is 0 Å². The molecule has 5 heteroatoms. The highest BCUT2D eigenvalue weighted by Gasteiger charge is 2.38. The number of imidazole rings is 1. The van der Waals surface area contributed by atoms with Crippen LogP contribution in [0.2, 0.25) is 0 Å². The minimum atomic E-state index is -0.660. The van der Waals surface area contributed by atoms with E-state index in [9.17, 15) is 4.79 Å². The molecule has 32 heavy (non-hydrogen) atoms. The van der Waals surface area contributed by atoms with Gasteiger partial charge in [-0.05, 0) is 29.5 Å². The molecule has 4 aromatic rings. The SMILES string of the molecule is COC(=O)[C@@H](N)CCc1cn(C(c2ccccc2)(c2ccccc2)c2ccccc2)cn1. The minimum absolute atomic E-state index is 0.406. The molecule has 0 unspecified atom stereocenters. The highest BCUT2D eigenvalue weighted by atomic mass is 16.5. The smallest absolute Gasteiger partial charge is 0.322 e. The predicted octanol–water partition coefficient (Wildman–Crippen LogP) is 4.16. The summed E-state index contributed by atoms with van der Waals surface area (Å²) in [5.74, 6) is -0.406. The first-order valence-electron chi connectivity index (χ1n) is 10.7. The molecule has 4 rings (SSSR count). The van der Waals surface area contributed by atoms with E-state index in [1.54, 1.807) is 0 Å². The lowest BCUT2D eigenvalue weighted by molar-refractivity contribution is -0.142. The van der Waals surface area contributed by atoms with Gasteiger partial charge in [-0.15, -0.1) is 0 Å². The van der Waals surface area contributed by atoms with Crippen LogP contribution in [0.1, 0.15) is 28.8 Å². The van der Waals surface area contributed by atoms with Gasteiger partial charge in [0.2, 0.25) is 0 Å². The van der Waals surface area contributed by atoms with E-state index in [1.807, 2.05) is 24.5 Å². The molecule has 1 aromatic heterocycles. The van der Waals surface area contributed by atoms with Crippen molar-refractivity contribution >= 4 is 5.97 Å². The van der Waals surface area contributed by atoms with E-state index in [1.165, 1.54) is 7.11 Å². The summed E-state index contributed by atoms with van der Waals surface area (Å²) in [5, 5.41) is 0. The lowest BCUT2D eigenvalue weighted by Crippen LogP contribution is -2.37. The van der Waals surface area contributed by atoms with E-state index in [0.717, 1.165) is 22.4 Å². The van der Waals surface area contributed by atoms with Gasteiger partial charge in [-0.25, -0.2) is 4.98 Å². The summed E-state index contributed by atoms with van der Waals surface area (Å²) in [6, 6.07) is 30.6. The van der Waals surface area contributed by atoms with Crippen LogP contribution in [0.25, 0.3) is 0 Å². The number of hydrogen-bond donors (Lipinski definition) is 1. The number of ether oxygens (including phenoxy) is 1. The first-order valence-corrected chi connectivity index (χ1v) is 10.7. The van der Waals surface area contributed by atoms with Crippen LogP contribution >= 0.6 is 0 Å². The molecule has 0 amide bonds. The third kappa shape index (κ3) is 4.07. The standard InChI is InChI=1S/C27H27N3O2/c1-32-26(31)25(28)18-17-24-19-30(20-29-24)27(21-11-5-2-6-12-21,22-13-7-3-8-14-22)23-15-9-4-10-16-23/h2-16,19-20,25H,17-18,28H2,1H3/t25-/m0/s1. The zero-order valence-corrected chi connectivity index (χ0v) is 18.1. The van der Waals surface area contributed by atoms with Crippen molar-refractivity contribution in [2.45, 2.75) is 24.4 Å². The van der Waals surface area contributed by atoms with Gasteiger partial charge in [-0.1, -0.05) is 91.0 Å². The number of nitrogens with zero attached hydrogens (tertiary/aromatic N) is 2. The number of aryl methyl sites for hydroxylation is 1. The van der Waals surface area contributed by atoms with E-state index in [4.69, 9.17) is 10.5 Å². The number of carbonyl (C=O) groups excluding carboxylic acids is 1. The number of methoxy groups -OCH3 is 1. The average Bonchev–Trinajstić information content (AvgIpc) is 3.34. The largest absolute Gasteiger partial charge is 0.468 e. The van der Waals surface area contributed by atoms with Crippen LogP contribution in [0.3, 0.4) is 0 Å². The second kappa shape index (κ2) is 9.62. The van der Waals surface area contributed by atoms with Crippen molar-refractivity contribution in [3.05, 3.63) is 126 Å². The topological polar surface area (TPSA) is 70.1 Å². The number of carbonyl (C=O) groups is 1. The number of hydrogen-bond acceptors (Lipinski definition) is 4. The predicted molar refractivity (Wildman–Crippen MR) is 125 cm³/mol. The summed E-state index contributed by atoms with van der Waals surface area (Å²) in [7, 11) is 1.35. The Labute approximate surface area is 188 Å². The zero-order chi connectivity index (χ0) is 22.4. The van der Waals surface area contributed by atoms with Crippen molar-refractivity contribution in [2.75, 3.05) is 7.11 Å². The summed E-state index contributed by atoms with van der Waals surface area (Å²) in [6.07, 6.45) is 4.97. The Kier molecular flexibility index (Phi) is 6.47. The Morgan fingerprint density at radius 2 is 1.38 bits per heavy atom. The molecule has 1 heterocycles. The van der Waals surface area contributed by atoms with Gasteiger partial charge in [-0.3, -0.25) is 4.79 Å². The molecular weight excluding hydrogens is 398 g/mol. The highest BCUT2D eigenvalue weighted by molar-refractivity contribution is 5.75. The molecule has 1 atom stereocenters. The third-order valence-corrected chi connectivity index (χ3v) is 5.81. The quantitative estimate of drug-likeness (QED) is 0.340. The first kappa shape index (κ1) is 21.5. The van der Waals surface area contributed by atoms with Crippen LogP contribution in [0, 0.1) is 0 Å². The molecule has 0 bridgehead atoms. The van der Waals surface area contributed by atoms with Crippen molar-refractivity contribution in [3.8, 4) is 0 Å². The van der Waals surface area contributed by atoms with Gasteiger partial charge in [0, 0.05) is 6.20 Å². The lowest BCUT2D eigenvalue weighted by atomic mass is 9.77. The Morgan fingerprint density at radius 3 is 1.81 bits per heavy atom. The molecule has 162 valence electrons. The van der Waals surface area contributed by atoms with E-state index in [2.05, 4.69) is 88.5 Å². The van der Waals surface area contributed by atoms with Gasteiger partial charge < -0.3 is 15.0 Å². The molecule has 0 spiro atoms. The molecule has 0 aliphatic rings. The molecule has 0 fully saturated rings. The maximum absolute atomic E-state index is 11.7. The fourth-order valence-corrected chi connectivity index (χ4v) is 4.23. The molecule has 0 saturated carbocycles. The Bertz CT molecular complexity index is 1040. The van der Waals surface area contributed by atoms with Crippen LogP contribution < -0.4 is 5.73 Å². The molecular formula is C27H27N3O2. The molecule has 0 saturated heterocycles. The van der Waals surface area contributed by atoms with Crippen LogP contribution in [0.5, 0.6) is 0 Å². The number of aromatic nitrogens is 2. The second-order valence-corrected chi connectivity index (χ2v) is 7.75. The fourth-order valence-electron chi connectivity index (χ4n) is 4.23. The number of benzene rings is 3. The van der Waals surface area contributed by atoms with Crippen molar-refractivity contribution < 1.29 is 9.53 Å². The minimum Gasteiger partial charge on any atom is -0.468 e. The normalized spacial score (nSPS) is 12.3. The Morgan fingerprint density at radius 1 is 0.906 bits per heavy atom. The molecule has 0 aliphatic heterocycles. The van der Waals surface area contributed by atoms with Crippen molar-refractivity contribution in [3.63, 3.8) is 0 Å². The van der Waals surface area contributed by atoms with Crippen molar-refractivity contribution in [1.82, 2.24) is 9.55 Å². The first-order chi connectivity index (χ1) is 15.7. The van der Waals surface area contributed by atoms with E-state index >= 15 is 0 Å². The second-order valence-electron chi connectivity index (χ2n) is 7.75. The third-order valence-electron chi connectivity index (χ3n) is 5.81. The fraction of sp³-hybridized carbons (Fsp3) is 0.185.